The molecule has 1 aromatic heterocycles. The van der Waals surface area contributed by atoms with Crippen molar-refractivity contribution in [3.63, 3.8) is 0 Å². The highest BCUT2D eigenvalue weighted by Crippen LogP contribution is 2.19. The largest absolute Gasteiger partial charge is 0.491 e. The summed E-state index contributed by atoms with van der Waals surface area (Å²) in [6.45, 7) is 1.93. The molecule has 0 atom stereocenters. The van der Waals surface area contributed by atoms with Gasteiger partial charge in [-0.25, -0.2) is 13.8 Å². The van der Waals surface area contributed by atoms with Crippen molar-refractivity contribution >= 4 is 11.6 Å². The molecule has 0 radical (unpaired) electrons. The van der Waals surface area contributed by atoms with Crippen LogP contribution in [0.1, 0.15) is 6.92 Å². The van der Waals surface area contributed by atoms with Crippen LogP contribution in [-0.4, -0.2) is 16.2 Å². The Balaban J connectivity index is 2.64. The molecule has 1 heterocycles. The molecule has 0 spiro atoms. The summed E-state index contributed by atoms with van der Waals surface area (Å²) in [5.74, 6) is -2.12. The first-order valence-corrected chi connectivity index (χ1v) is 5.96. The normalized spacial score (nSPS) is 10.6. The Kier molecular flexibility index (Phi) is 3.89. The Morgan fingerprint density at radius 1 is 1.35 bits per heavy atom. The van der Waals surface area contributed by atoms with Crippen molar-refractivity contribution in [2.45, 2.75) is 6.92 Å². The van der Waals surface area contributed by atoms with Gasteiger partial charge >= 0.3 is 5.69 Å². The topological polar surface area (TPSA) is 64.1 Å². The zero-order chi connectivity index (χ0) is 14.9. The molecule has 0 saturated heterocycles. The third-order valence-corrected chi connectivity index (χ3v) is 2.74. The molecule has 0 aliphatic carbocycles. The molecule has 0 aliphatic heterocycles. The van der Waals surface area contributed by atoms with E-state index in [1.165, 1.54) is 12.1 Å². The molecular formula is C12H9ClF2N2O3. The molecule has 1 N–H and O–H groups in total. The zero-order valence-electron chi connectivity index (χ0n) is 10.2. The van der Waals surface area contributed by atoms with Gasteiger partial charge < -0.3 is 4.74 Å². The molecule has 0 bridgehead atoms. The summed E-state index contributed by atoms with van der Waals surface area (Å²) in [5, 5.41) is -0.692. The molecule has 106 valence electrons. The Morgan fingerprint density at radius 3 is 2.65 bits per heavy atom. The number of aromatic amines is 1. The number of hydrogen-bond donors (Lipinski definition) is 1. The average Bonchev–Trinajstić information content (AvgIpc) is 2.39. The molecular weight excluding hydrogens is 294 g/mol. The third-order valence-electron chi connectivity index (χ3n) is 2.48. The SMILES string of the molecule is CCOc1ccc(-n2c(=O)[nH]c(Cl)c(F)c2=O)cc1F. The van der Waals surface area contributed by atoms with E-state index in [1.54, 1.807) is 6.92 Å². The molecule has 2 rings (SSSR count). The average molecular weight is 303 g/mol. The maximum Gasteiger partial charge on any atom is 0.334 e. The van der Waals surface area contributed by atoms with Gasteiger partial charge in [-0.1, -0.05) is 11.6 Å². The van der Waals surface area contributed by atoms with Crippen LogP contribution in [0, 0.1) is 11.6 Å². The molecule has 0 amide bonds. The smallest absolute Gasteiger partial charge is 0.334 e. The lowest BCUT2D eigenvalue weighted by molar-refractivity contribution is 0.321. The summed E-state index contributed by atoms with van der Waals surface area (Å²) in [7, 11) is 0. The Morgan fingerprint density at radius 2 is 2.05 bits per heavy atom. The molecule has 20 heavy (non-hydrogen) atoms. The Hall–Kier alpha value is -2.15. The highest BCUT2D eigenvalue weighted by Gasteiger charge is 2.15. The van der Waals surface area contributed by atoms with E-state index in [-0.39, 0.29) is 18.0 Å². The lowest BCUT2D eigenvalue weighted by Gasteiger charge is -2.08. The number of benzene rings is 1. The third kappa shape index (κ3) is 2.44. The van der Waals surface area contributed by atoms with Gasteiger partial charge in [-0.15, -0.1) is 0 Å². The van der Waals surface area contributed by atoms with Crippen molar-refractivity contribution in [1.29, 1.82) is 0 Å². The number of ether oxygens (including phenoxy) is 1. The summed E-state index contributed by atoms with van der Waals surface area (Å²) in [4.78, 5) is 25.3. The van der Waals surface area contributed by atoms with E-state index >= 15 is 0 Å². The van der Waals surface area contributed by atoms with Crippen molar-refractivity contribution < 1.29 is 13.5 Å². The van der Waals surface area contributed by atoms with Gasteiger partial charge in [0.1, 0.15) is 0 Å². The van der Waals surface area contributed by atoms with Crippen LogP contribution in [0.5, 0.6) is 5.75 Å². The standard InChI is InChI=1S/C12H9ClF2N2O3/c1-2-20-8-4-3-6(5-7(8)14)17-11(18)9(15)10(13)16-12(17)19/h3-5H,2H2,1H3,(H,16,19). The molecule has 0 aliphatic rings. The van der Waals surface area contributed by atoms with Crippen molar-refractivity contribution in [3.05, 3.63) is 55.8 Å². The zero-order valence-corrected chi connectivity index (χ0v) is 11.0. The van der Waals surface area contributed by atoms with E-state index in [4.69, 9.17) is 16.3 Å². The maximum atomic E-state index is 13.7. The molecule has 0 saturated carbocycles. The fourth-order valence-corrected chi connectivity index (χ4v) is 1.79. The number of nitrogens with zero attached hydrogens (tertiary/aromatic N) is 1. The highest BCUT2D eigenvalue weighted by molar-refractivity contribution is 6.29. The quantitative estimate of drug-likeness (QED) is 0.880. The number of halogens is 3. The highest BCUT2D eigenvalue weighted by atomic mass is 35.5. The summed E-state index contributed by atoms with van der Waals surface area (Å²) < 4.78 is 32.5. The van der Waals surface area contributed by atoms with Gasteiger partial charge in [0.25, 0.3) is 5.56 Å². The summed E-state index contributed by atoms with van der Waals surface area (Å²) >= 11 is 5.34. The molecule has 0 fully saturated rings. The second-order valence-corrected chi connectivity index (χ2v) is 4.12. The minimum absolute atomic E-state index is 0.0323. The summed E-state index contributed by atoms with van der Waals surface area (Å²) in [5.41, 5.74) is -2.36. The molecule has 1 aromatic carbocycles. The monoisotopic (exact) mass is 302 g/mol. The lowest BCUT2D eigenvalue weighted by Crippen LogP contribution is -2.35. The van der Waals surface area contributed by atoms with Crippen LogP contribution in [0.3, 0.4) is 0 Å². The minimum Gasteiger partial charge on any atom is -0.491 e. The second-order valence-electron chi connectivity index (χ2n) is 3.75. The first-order valence-electron chi connectivity index (χ1n) is 5.58. The fourth-order valence-electron chi connectivity index (χ4n) is 1.62. The van der Waals surface area contributed by atoms with E-state index in [0.29, 0.717) is 4.57 Å². The lowest BCUT2D eigenvalue weighted by atomic mass is 10.3. The maximum absolute atomic E-state index is 13.7. The van der Waals surface area contributed by atoms with Crippen LogP contribution in [-0.2, 0) is 0 Å². The van der Waals surface area contributed by atoms with Crippen molar-refractivity contribution in [2.24, 2.45) is 0 Å². The van der Waals surface area contributed by atoms with Crippen molar-refractivity contribution in [3.8, 4) is 11.4 Å². The van der Waals surface area contributed by atoms with E-state index in [9.17, 15) is 18.4 Å². The second kappa shape index (κ2) is 5.46. The number of aromatic nitrogens is 2. The summed E-state index contributed by atoms with van der Waals surface area (Å²) in [6, 6.07) is 3.40. The van der Waals surface area contributed by atoms with E-state index in [0.717, 1.165) is 6.07 Å². The summed E-state index contributed by atoms with van der Waals surface area (Å²) in [6.07, 6.45) is 0. The molecule has 8 heteroatoms. The van der Waals surface area contributed by atoms with E-state index < -0.39 is 28.0 Å². The van der Waals surface area contributed by atoms with E-state index in [1.807, 2.05) is 4.98 Å². The van der Waals surface area contributed by atoms with Gasteiger partial charge in [0.05, 0.1) is 12.3 Å². The number of rotatable bonds is 3. The van der Waals surface area contributed by atoms with Gasteiger partial charge in [-0.3, -0.25) is 9.78 Å². The van der Waals surface area contributed by atoms with Crippen LogP contribution in [0.2, 0.25) is 5.15 Å². The van der Waals surface area contributed by atoms with Gasteiger partial charge in [-0.05, 0) is 19.1 Å². The fraction of sp³-hybridized carbons (Fsp3) is 0.167. The number of H-pyrrole nitrogens is 1. The predicted molar refractivity (Wildman–Crippen MR) is 68.8 cm³/mol. The Labute approximate surface area is 116 Å². The van der Waals surface area contributed by atoms with Crippen LogP contribution >= 0.6 is 11.6 Å². The van der Waals surface area contributed by atoms with Crippen LogP contribution in [0.4, 0.5) is 8.78 Å². The molecule has 0 unspecified atom stereocenters. The first-order chi connectivity index (χ1) is 9.45. The van der Waals surface area contributed by atoms with E-state index in [2.05, 4.69) is 0 Å². The van der Waals surface area contributed by atoms with Crippen LogP contribution in [0.15, 0.2) is 27.8 Å². The van der Waals surface area contributed by atoms with Gasteiger partial charge in [0, 0.05) is 6.07 Å². The Bertz CT molecular complexity index is 770. The van der Waals surface area contributed by atoms with Crippen LogP contribution in [0.25, 0.3) is 5.69 Å². The molecule has 5 nitrogen and oxygen atoms in total. The number of nitrogens with one attached hydrogen (secondary N) is 1. The van der Waals surface area contributed by atoms with Gasteiger partial charge in [0.2, 0.25) is 5.82 Å². The minimum atomic E-state index is -1.32. The van der Waals surface area contributed by atoms with Crippen LogP contribution < -0.4 is 16.0 Å². The van der Waals surface area contributed by atoms with Crippen molar-refractivity contribution in [1.82, 2.24) is 9.55 Å². The van der Waals surface area contributed by atoms with Gasteiger partial charge in [0.15, 0.2) is 16.7 Å². The van der Waals surface area contributed by atoms with Gasteiger partial charge in [-0.2, -0.15) is 4.39 Å². The van der Waals surface area contributed by atoms with Crippen molar-refractivity contribution in [2.75, 3.05) is 6.61 Å². The predicted octanol–water partition coefficient (Wildman–Crippen LogP) is 1.86. The number of hydrogen-bond acceptors (Lipinski definition) is 3. The molecule has 2 aromatic rings. The first kappa shape index (κ1) is 14.3.